The first-order valence-corrected chi connectivity index (χ1v) is 5.17. The topological polar surface area (TPSA) is 89.4 Å². The van der Waals surface area contributed by atoms with E-state index < -0.39 is 11.0 Å². The molecule has 0 bridgehead atoms. The fourth-order valence-electron chi connectivity index (χ4n) is 1.20. The van der Waals surface area contributed by atoms with Crippen LogP contribution in [0.25, 0.3) is 0 Å². The van der Waals surface area contributed by atoms with Crippen molar-refractivity contribution in [2.75, 3.05) is 6.54 Å². The largest absolute Gasteiger partial charge is 0.388 e. The summed E-state index contributed by atoms with van der Waals surface area (Å²) < 4.78 is 0.399. The lowest BCUT2D eigenvalue weighted by Crippen LogP contribution is -2.07. The summed E-state index contributed by atoms with van der Waals surface area (Å²) in [6.07, 6.45) is -0.361. The minimum atomic E-state index is -0.748. The second kappa shape index (κ2) is 5.20. The van der Waals surface area contributed by atoms with E-state index in [-0.39, 0.29) is 5.69 Å². The van der Waals surface area contributed by atoms with Crippen LogP contribution in [0.2, 0.25) is 0 Å². The van der Waals surface area contributed by atoms with E-state index in [4.69, 9.17) is 5.73 Å². The highest BCUT2D eigenvalue weighted by atomic mass is 79.9. The highest BCUT2D eigenvalue weighted by molar-refractivity contribution is 9.10. The summed E-state index contributed by atoms with van der Waals surface area (Å²) in [7, 11) is 0. The number of rotatable bonds is 4. The van der Waals surface area contributed by atoms with Gasteiger partial charge in [-0.25, -0.2) is 0 Å². The van der Waals surface area contributed by atoms with Gasteiger partial charge in [0.25, 0.3) is 5.69 Å². The third-order valence-corrected chi connectivity index (χ3v) is 2.66. The SMILES string of the molecule is NCC[C@H](O)c1ccc(Br)c([N+](=O)[O-])c1. The van der Waals surface area contributed by atoms with Gasteiger partial charge in [0.2, 0.25) is 0 Å². The highest BCUT2D eigenvalue weighted by Gasteiger charge is 2.15. The molecule has 0 fully saturated rings. The number of hydrogen-bond donors (Lipinski definition) is 2. The Morgan fingerprint density at radius 2 is 2.27 bits per heavy atom. The molecule has 15 heavy (non-hydrogen) atoms. The predicted octanol–water partition coefficient (Wildman–Crippen LogP) is 1.74. The van der Waals surface area contributed by atoms with Crippen LogP contribution in [0, 0.1) is 10.1 Å². The van der Waals surface area contributed by atoms with Gasteiger partial charge in [-0.2, -0.15) is 0 Å². The molecular formula is C9H11BrN2O3. The first-order chi connectivity index (χ1) is 7.06. The van der Waals surface area contributed by atoms with Gasteiger partial charge in [-0.05, 0) is 40.5 Å². The summed E-state index contributed by atoms with van der Waals surface area (Å²) in [4.78, 5) is 10.1. The maximum Gasteiger partial charge on any atom is 0.283 e. The normalized spacial score (nSPS) is 12.5. The lowest BCUT2D eigenvalue weighted by Gasteiger charge is -2.09. The van der Waals surface area contributed by atoms with Crippen LogP contribution < -0.4 is 5.73 Å². The second-order valence-corrected chi connectivity index (χ2v) is 3.92. The summed E-state index contributed by atoms with van der Waals surface area (Å²) in [5, 5.41) is 20.2. The molecule has 0 heterocycles. The van der Waals surface area contributed by atoms with Gasteiger partial charge >= 0.3 is 0 Å². The van der Waals surface area contributed by atoms with Crippen LogP contribution >= 0.6 is 15.9 Å². The fraction of sp³-hybridized carbons (Fsp3) is 0.333. The summed E-state index contributed by atoms with van der Waals surface area (Å²) in [6.45, 7) is 0.338. The smallest absolute Gasteiger partial charge is 0.283 e. The summed E-state index contributed by atoms with van der Waals surface area (Å²) >= 11 is 3.07. The number of nitro groups is 1. The first kappa shape index (κ1) is 12.1. The van der Waals surface area contributed by atoms with Crippen molar-refractivity contribution in [3.63, 3.8) is 0 Å². The zero-order chi connectivity index (χ0) is 11.4. The molecule has 1 atom stereocenters. The molecular weight excluding hydrogens is 264 g/mol. The lowest BCUT2D eigenvalue weighted by atomic mass is 10.1. The van der Waals surface area contributed by atoms with E-state index in [2.05, 4.69) is 15.9 Å². The van der Waals surface area contributed by atoms with Crippen LogP contribution in [-0.4, -0.2) is 16.6 Å². The molecule has 1 rings (SSSR count). The van der Waals surface area contributed by atoms with Crippen molar-refractivity contribution in [2.24, 2.45) is 5.73 Å². The monoisotopic (exact) mass is 274 g/mol. The maximum atomic E-state index is 10.6. The van der Waals surface area contributed by atoms with Crippen LogP contribution in [-0.2, 0) is 0 Å². The number of nitro benzene ring substituents is 1. The maximum absolute atomic E-state index is 10.6. The number of halogens is 1. The molecule has 82 valence electrons. The first-order valence-electron chi connectivity index (χ1n) is 4.38. The van der Waals surface area contributed by atoms with Gasteiger partial charge < -0.3 is 10.8 Å². The molecule has 0 aliphatic rings. The quantitative estimate of drug-likeness (QED) is 0.647. The van der Waals surface area contributed by atoms with Crippen molar-refractivity contribution in [1.29, 1.82) is 0 Å². The summed E-state index contributed by atoms with van der Waals surface area (Å²) in [5.74, 6) is 0. The number of hydrogen-bond acceptors (Lipinski definition) is 4. The third kappa shape index (κ3) is 2.98. The van der Waals surface area contributed by atoms with Gasteiger partial charge in [0.1, 0.15) is 0 Å². The zero-order valence-corrected chi connectivity index (χ0v) is 9.48. The third-order valence-electron chi connectivity index (χ3n) is 1.99. The van der Waals surface area contributed by atoms with E-state index >= 15 is 0 Å². The van der Waals surface area contributed by atoms with E-state index in [1.807, 2.05) is 0 Å². The van der Waals surface area contributed by atoms with Crippen molar-refractivity contribution in [2.45, 2.75) is 12.5 Å². The van der Waals surface area contributed by atoms with Crippen molar-refractivity contribution in [3.8, 4) is 0 Å². The Balaban J connectivity index is 3.02. The number of aliphatic hydroxyl groups is 1. The molecule has 3 N–H and O–H groups in total. The Hall–Kier alpha value is -0.980. The molecule has 0 unspecified atom stereocenters. The average Bonchev–Trinajstić information content (AvgIpc) is 2.18. The van der Waals surface area contributed by atoms with Gasteiger partial charge in [-0.15, -0.1) is 0 Å². The molecule has 1 aromatic carbocycles. The fourth-order valence-corrected chi connectivity index (χ4v) is 1.59. The average molecular weight is 275 g/mol. The van der Waals surface area contributed by atoms with Crippen LogP contribution in [0.5, 0.6) is 0 Å². The lowest BCUT2D eigenvalue weighted by molar-refractivity contribution is -0.385. The Morgan fingerprint density at radius 1 is 1.60 bits per heavy atom. The number of aliphatic hydroxyl groups excluding tert-OH is 1. The van der Waals surface area contributed by atoms with Crippen molar-refractivity contribution in [3.05, 3.63) is 38.3 Å². The van der Waals surface area contributed by atoms with Crippen molar-refractivity contribution in [1.82, 2.24) is 0 Å². The van der Waals surface area contributed by atoms with Gasteiger partial charge in [0.05, 0.1) is 15.5 Å². The molecule has 1 aromatic rings. The van der Waals surface area contributed by atoms with Crippen LogP contribution in [0.1, 0.15) is 18.1 Å². The van der Waals surface area contributed by atoms with Gasteiger partial charge in [-0.3, -0.25) is 10.1 Å². The predicted molar refractivity (Wildman–Crippen MR) is 59.4 cm³/mol. The van der Waals surface area contributed by atoms with Gasteiger partial charge in [-0.1, -0.05) is 6.07 Å². The Morgan fingerprint density at radius 3 is 2.80 bits per heavy atom. The molecule has 6 heteroatoms. The molecule has 0 saturated carbocycles. The van der Waals surface area contributed by atoms with E-state index in [1.165, 1.54) is 6.07 Å². The minimum absolute atomic E-state index is 0.0522. The van der Waals surface area contributed by atoms with Crippen LogP contribution in [0.3, 0.4) is 0 Å². The minimum Gasteiger partial charge on any atom is -0.388 e. The Bertz CT molecular complexity index is 370. The molecule has 0 aliphatic carbocycles. The Labute approximate surface area is 95.2 Å². The standard InChI is InChI=1S/C9H11BrN2O3/c10-7-2-1-6(9(13)3-4-11)5-8(7)12(14)15/h1-2,5,9,13H,3-4,11H2/t9-/m0/s1. The molecule has 0 amide bonds. The summed E-state index contributed by atoms with van der Waals surface area (Å²) in [6, 6.07) is 4.54. The number of nitrogens with two attached hydrogens (primary N) is 1. The molecule has 0 aliphatic heterocycles. The van der Waals surface area contributed by atoms with Crippen LogP contribution in [0.4, 0.5) is 5.69 Å². The van der Waals surface area contributed by atoms with Gasteiger partial charge in [0.15, 0.2) is 0 Å². The second-order valence-electron chi connectivity index (χ2n) is 3.06. The van der Waals surface area contributed by atoms with E-state index in [9.17, 15) is 15.2 Å². The molecule has 0 aromatic heterocycles. The van der Waals surface area contributed by atoms with E-state index in [1.54, 1.807) is 12.1 Å². The zero-order valence-electron chi connectivity index (χ0n) is 7.89. The molecule has 0 radical (unpaired) electrons. The molecule has 0 saturated heterocycles. The van der Waals surface area contributed by atoms with Crippen molar-refractivity contribution < 1.29 is 10.0 Å². The summed E-state index contributed by atoms with van der Waals surface area (Å²) in [5.41, 5.74) is 5.75. The highest BCUT2D eigenvalue weighted by Crippen LogP contribution is 2.28. The van der Waals surface area contributed by atoms with Gasteiger partial charge in [0, 0.05) is 6.07 Å². The van der Waals surface area contributed by atoms with E-state index in [0.29, 0.717) is 23.0 Å². The van der Waals surface area contributed by atoms with Crippen molar-refractivity contribution >= 4 is 21.6 Å². The molecule has 5 nitrogen and oxygen atoms in total. The molecule has 0 spiro atoms. The number of nitrogens with zero attached hydrogens (tertiary/aromatic N) is 1. The van der Waals surface area contributed by atoms with E-state index in [0.717, 1.165) is 0 Å². The van der Waals surface area contributed by atoms with Crippen LogP contribution in [0.15, 0.2) is 22.7 Å². The Kier molecular flexibility index (Phi) is 4.19. The number of benzene rings is 1.